The van der Waals surface area contributed by atoms with Gasteiger partial charge in [-0.3, -0.25) is 24.5 Å². The molecule has 0 spiro atoms. The third-order valence-electron chi connectivity index (χ3n) is 1.89. The van der Waals surface area contributed by atoms with Crippen molar-refractivity contribution in [1.82, 2.24) is 9.55 Å². The highest BCUT2D eigenvalue weighted by molar-refractivity contribution is 5.20. The fraction of sp³-hybridized carbons (Fsp3) is 0.333. The lowest BCUT2D eigenvalue weighted by molar-refractivity contribution is -0.386. The number of aromatic amines is 1. The average molecular weight is 225 g/mol. The van der Waals surface area contributed by atoms with Gasteiger partial charge >= 0.3 is 16.9 Å². The smallest absolute Gasteiger partial charge is 0.290 e. The highest BCUT2D eigenvalue weighted by atomic mass is 16.6. The van der Waals surface area contributed by atoms with Crippen LogP contribution >= 0.6 is 0 Å². The Morgan fingerprint density at radius 1 is 1.56 bits per heavy atom. The number of nitrogens with one attached hydrogen (secondary N) is 1. The highest BCUT2D eigenvalue weighted by Gasteiger charge is 2.13. The molecule has 0 amide bonds. The monoisotopic (exact) mass is 225 g/mol. The fourth-order valence-corrected chi connectivity index (χ4v) is 1.04. The number of hydrogen-bond acceptors (Lipinski definition) is 4. The van der Waals surface area contributed by atoms with Crippen molar-refractivity contribution in [2.75, 3.05) is 0 Å². The molecule has 0 saturated carbocycles. The molecule has 0 aliphatic heterocycles. The Balaban J connectivity index is 3.26. The molecule has 86 valence electrons. The van der Waals surface area contributed by atoms with Crippen molar-refractivity contribution in [3.05, 3.63) is 48.8 Å². The second-order valence-corrected chi connectivity index (χ2v) is 3.46. The molecule has 0 aliphatic carbocycles. The molecule has 0 radical (unpaired) electrons. The Labute approximate surface area is 90.2 Å². The van der Waals surface area contributed by atoms with Crippen LogP contribution in [0.2, 0.25) is 0 Å². The summed E-state index contributed by atoms with van der Waals surface area (Å²) < 4.78 is 1.08. The molecule has 0 saturated heterocycles. The molecular weight excluding hydrogens is 214 g/mol. The summed E-state index contributed by atoms with van der Waals surface area (Å²) in [6.45, 7) is 3.87. The van der Waals surface area contributed by atoms with Crippen molar-refractivity contribution in [2.45, 2.75) is 20.4 Å². The molecule has 0 unspecified atom stereocenters. The predicted molar refractivity (Wildman–Crippen MR) is 57.4 cm³/mol. The van der Waals surface area contributed by atoms with Gasteiger partial charge < -0.3 is 0 Å². The first-order chi connectivity index (χ1) is 7.41. The molecule has 1 aromatic rings. The van der Waals surface area contributed by atoms with Crippen molar-refractivity contribution in [3.8, 4) is 0 Å². The van der Waals surface area contributed by atoms with Gasteiger partial charge in [-0.15, -0.1) is 0 Å². The quantitative estimate of drug-likeness (QED) is 0.457. The molecule has 16 heavy (non-hydrogen) atoms. The van der Waals surface area contributed by atoms with Crippen molar-refractivity contribution < 1.29 is 4.92 Å². The number of rotatable bonds is 3. The van der Waals surface area contributed by atoms with Gasteiger partial charge in [0.2, 0.25) is 0 Å². The molecular formula is C9H11N3O4. The third kappa shape index (κ3) is 2.66. The van der Waals surface area contributed by atoms with Gasteiger partial charge in [0.15, 0.2) is 0 Å². The molecule has 0 atom stereocenters. The Bertz CT molecular complexity index is 549. The number of allylic oxidation sites excluding steroid dienone is 2. The predicted octanol–water partition coefficient (Wildman–Crippen LogP) is 0.411. The second kappa shape index (κ2) is 4.56. The molecule has 1 aromatic heterocycles. The summed E-state index contributed by atoms with van der Waals surface area (Å²) in [6, 6.07) is 0. The molecule has 1 rings (SSSR count). The maximum Gasteiger partial charge on any atom is 0.350 e. The zero-order valence-electron chi connectivity index (χ0n) is 8.89. The van der Waals surface area contributed by atoms with Crippen LogP contribution in [0.3, 0.4) is 0 Å². The fourth-order valence-electron chi connectivity index (χ4n) is 1.04. The van der Waals surface area contributed by atoms with Gasteiger partial charge in [0.05, 0.1) is 11.1 Å². The Kier molecular flexibility index (Phi) is 3.39. The zero-order valence-corrected chi connectivity index (χ0v) is 8.89. The minimum Gasteiger partial charge on any atom is -0.290 e. The number of hydrogen-bond donors (Lipinski definition) is 1. The van der Waals surface area contributed by atoms with E-state index in [0.717, 1.165) is 16.3 Å². The van der Waals surface area contributed by atoms with Crippen molar-refractivity contribution >= 4 is 5.69 Å². The first-order valence-electron chi connectivity index (χ1n) is 4.53. The molecule has 7 heteroatoms. The molecule has 0 aromatic carbocycles. The van der Waals surface area contributed by atoms with E-state index in [4.69, 9.17) is 0 Å². The van der Waals surface area contributed by atoms with E-state index in [1.165, 1.54) is 0 Å². The lowest BCUT2D eigenvalue weighted by Crippen LogP contribution is -2.30. The van der Waals surface area contributed by atoms with Crippen LogP contribution in [0.5, 0.6) is 0 Å². The van der Waals surface area contributed by atoms with Crippen LogP contribution in [-0.2, 0) is 6.54 Å². The third-order valence-corrected chi connectivity index (χ3v) is 1.89. The number of nitro groups is 1. The largest absolute Gasteiger partial charge is 0.350 e. The molecule has 1 heterocycles. The Morgan fingerprint density at radius 2 is 2.19 bits per heavy atom. The SMILES string of the molecule is CC(C)=CCn1cc([N+](=O)[O-])c(=O)[nH]c1=O. The van der Waals surface area contributed by atoms with Crippen molar-refractivity contribution in [1.29, 1.82) is 0 Å². The lowest BCUT2D eigenvalue weighted by atomic mass is 10.3. The molecule has 0 bridgehead atoms. The van der Waals surface area contributed by atoms with E-state index in [1.54, 1.807) is 6.08 Å². The zero-order chi connectivity index (χ0) is 12.3. The Morgan fingerprint density at radius 3 is 2.69 bits per heavy atom. The van der Waals surface area contributed by atoms with Crippen LogP contribution in [0, 0.1) is 10.1 Å². The van der Waals surface area contributed by atoms with Gasteiger partial charge in [-0.1, -0.05) is 11.6 Å². The molecule has 0 aliphatic rings. The number of H-pyrrole nitrogens is 1. The van der Waals surface area contributed by atoms with Gasteiger partial charge in [-0.25, -0.2) is 4.79 Å². The van der Waals surface area contributed by atoms with Gasteiger partial charge in [-0.2, -0.15) is 0 Å². The highest BCUT2D eigenvalue weighted by Crippen LogP contribution is 1.99. The minimum atomic E-state index is -0.983. The molecule has 1 N–H and O–H groups in total. The summed E-state index contributed by atoms with van der Waals surface area (Å²) in [5.74, 6) is 0. The van der Waals surface area contributed by atoms with Crippen LogP contribution in [0.15, 0.2) is 27.4 Å². The first-order valence-corrected chi connectivity index (χ1v) is 4.53. The van der Waals surface area contributed by atoms with E-state index in [0.29, 0.717) is 0 Å². The summed E-state index contributed by atoms with van der Waals surface area (Å²) in [6.07, 6.45) is 2.67. The summed E-state index contributed by atoms with van der Waals surface area (Å²) in [5.41, 5.74) is -1.31. The number of nitrogens with zero attached hydrogens (tertiary/aromatic N) is 2. The number of aromatic nitrogens is 2. The summed E-state index contributed by atoms with van der Waals surface area (Å²) in [4.78, 5) is 33.9. The van der Waals surface area contributed by atoms with Gasteiger partial charge in [0, 0.05) is 6.54 Å². The standard InChI is InChI=1S/C9H11N3O4/c1-6(2)3-4-11-5-7(12(15)16)8(13)10-9(11)14/h3,5H,4H2,1-2H3,(H,10,13,14). The average Bonchev–Trinajstić information content (AvgIpc) is 2.15. The van der Waals surface area contributed by atoms with E-state index in [-0.39, 0.29) is 6.54 Å². The van der Waals surface area contributed by atoms with Crippen LogP contribution in [0.1, 0.15) is 13.8 Å². The summed E-state index contributed by atoms with van der Waals surface area (Å²) in [5, 5.41) is 10.5. The molecule has 0 fully saturated rings. The van der Waals surface area contributed by atoms with E-state index in [1.807, 2.05) is 18.8 Å². The van der Waals surface area contributed by atoms with Crippen molar-refractivity contribution in [3.63, 3.8) is 0 Å². The van der Waals surface area contributed by atoms with Crippen molar-refractivity contribution in [2.24, 2.45) is 0 Å². The van der Waals surface area contributed by atoms with E-state index in [9.17, 15) is 19.7 Å². The minimum absolute atomic E-state index is 0.193. The molecule has 7 nitrogen and oxygen atoms in total. The normalized spacial score (nSPS) is 9.88. The summed E-state index contributed by atoms with van der Waals surface area (Å²) in [7, 11) is 0. The summed E-state index contributed by atoms with van der Waals surface area (Å²) >= 11 is 0. The van der Waals surface area contributed by atoms with E-state index < -0.39 is 21.9 Å². The maximum absolute atomic E-state index is 11.3. The van der Waals surface area contributed by atoms with Crippen LogP contribution in [0.25, 0.3) is 0 Å². The topological polar surface area (TPSA) is 98.0 Å². The van der Waals surface area contributed by atoms with E-state index in [2.05, 4.69) is 0 Å². The van der Waals surface area contributed by atoms with E-state index >= 15 is 0 Å². The van der Waals surface area contributed by atoms with Gasteiger partial charge in [0.25, 0.3) is 0 Å². The lowest BCUT2D eigenvalue weighted by Gasteiger charge is -2.00. The van der Waals surface area contributed by atoms with Gasteiger partial charge in [0.1, 0.15) is 0 Å². The second-order valence-electron chi connectivity index (χ2n) is 3.46. The van der Waals surface area contributed by atoms with Crippen LogP contribution in [0.4, 0.5) is 5.69 Å². The maximum atomic E-state index is 11.3. The Hall–Kier alpha value is -2.18. The first kappa shape index (κ1) is 11.9. The van der Waals surface area contributed by atoms with Gasteiger partial charge in [-0.05, 0) is 13.8 Å². The van der Waals surface area contributed by atoms with Crippen LogP contribution in [-0.4, -0.2) is 14.5 Å². The van der Waals surface area contributed by atoms with Crippen LogP contribution < -0.4 is 11.2 Å².